The van der Waals surface area contributed by atoms with Gasteiger partial charge >= 0.3 is 0 Å². The van der Waals surface area contributed by atoms with E-state index < -0.39 is 10.8 Å². The highest BCUT2D eigenvalue weighted by atomic mass is 79.9. The number of carbonyl (C=O) groups excluding carboxylic acids is 1. The van der Waals surface area contributed by atoms with E-state index in [1.807, 2.05) is 26.0 Å². The number of benzene rings is 2. The molecule has 2 aromatic rings. The van der Waals surface area contributed by atoms with Crippen LogP contribution in [0.4, 0.5) is 5.69 Å². The Kier molecular flexibility index (Phi) is 6.24. The van der Waals surface area contributed by atoms with Gasteiger partial charge in [-0.1, -0.05) is 18.2 Å². The molecule has 0 spiro atoms. The first-order chi connectivity index (χ1) is 11.9. The Morgan fingerprint density at radius 2 is 2.12 bits per heavy atom. The predicted molar refractivity (Wildman–Crippen MR) is 97.9 cm³/mol. The van der Waals surface area contributed by atoms with E-state index in [0.29, 0.717) is 11.3 Å². The number of ether oxygens (including phenoxy) is 1. The van der Waals surface area contributed by atoms with Crippen molar-refractivity contribution in [3.63, 3.8) is 0 Å². The molecular formula is C17H16BrN3O4. The van der Waals surface area contributed by atoms with Gasteiger partial charge in [-0.3, -0.25) is 14.9 Å². The van der Waals surface area contributed by atoms with Gasteiger partial charge < -0.3 is 4.74 Å². The van der Waals surface area contributed by atoms with Crippen molar-refractivity contribution in [2.75, 3.05) is 6.61 Å². The van der Waals surface area contributed by atoms with Crippen LogP contribution in [0.1, 0.15) is 16.7 Å². The highest BCUT2D eigenvalue weighted by molar-refractivity contribution is 9.10. The zero-order chi connectivity index (χ0) is 18.4. The van der Waals surface area contributed by atoms with Crippen LogP contribution in [0.25, 0.3) is 0 Å². The Hall–Kier alpha value is -2.74. The van der Waals surface area contributed by atoms with Gasteiger partial charge in [-0.05, 0) is 47.0 Å². The summed E-state index contributed by atoms with van der Waals surface area (Å²) < 4.78 is 6.29. The molecule has 0 aromatic heterocycles. The number of nitrogens with zero attached hydrogens (tertiary/aromatic N) is 2. The SMILES string of the molecule is Cc1cc(C)c(OCC(=O)N/N=C/c2cccc([N+](=O)[O-])c2)c(Br)c1. The molecule has 1 N–H and O–H groups in total. The molecule has 8 heteroatoms. The molecule has 0 saturated heterocycles. The van der Waals surface area contributed by atoms with Gasteiger partial charge in [0, 0.05) is 17.7 Å². The maximum Gasteiger partial charge on any atom is 0.277 e. The van der Waals surface area contributed by atoms with Crippen LogP contribution in [0.15, 0.2) is 46.0 Å². The van der Waals surface area contributed by atoms with Crippen molar-refractivity contribution >= 4 is 33.7 Å². The number of carbonyl (C=O) groups is 1. The molecule has 0 heterocycles. The predicted octanol–water partition coefficient (Wildman–Crippen LogP) is 3.50. The average molecular weight is 406 g/mol. The van der Waals surface area contributed by atoms with Crippen LogP contribution < -0.4 is 10.2 Å². The van der Waals surface area contributed by atoms with Gasteiger partial charge in [0.2, 0.25) is 0 Å². The van der Waals surface area contributed by atoms with E-state index in [0.717, 1.165) is 15.6 Å². The van der Waals surface area contributed by atoms with Gasteiger partial charge in [0.1, 0.15) is 5.75 Å². The van der Waals surface area contributed by atoms with Crippen molar-refractivity contribution in [1.29, 1.82) is 0 Å². The molecule has 130 valence electrons. The minimum atomic E-state index is -0.495. The second-order valence-corrected chi connectivity index (χ2v) is 6.18. The van der Waals surface area contributed by atoms with Crippen LogP contribution in [0.3, 0.4) is 0 Å². The Balaban J connectivity index is 1.91. The van der Waals surface area contributed by atoms with Crippen molar-refractivity contribution < 1.29 is 14.5 Å². The summed E-state index contributed by atoms with van der Waals surface area (Å²) in [5.74, 6) is 0.164. The molecule has 0 saturated carbocycles. The summed E-state index contributed by atoms with van der Waals surface area (Å²) in [6, 6.07) is 9.79. The lowest BCUT2D eigenvalue weighted by molar-refractivity contribution is -0.384. The van der Waals surface area contributed by atoms with Crippen molar-refractivity contribution in [2.24, 2.45) is 5.10 Å². The fraction of sp³-hybridized carbons (Fsp3) is 0.176. The molecule has 7 nitrogen and oxygen atoms in total. The molecule has 25 heavy (non-hydrogen) atoms. The molecule has 0 bridgehead atoms. The van der Waals surface area contributed by atoms with Crippen LogP contribution in [0.5, 0.6) is 5.75 Å². The Bertz CT molecular complexity index is 813. The van der Waals surface area contributed by atoms with E-state index in [1.165, 1.54) is 18.3 Å². The number of hydrogen-bond acceptors (Lipinski definition) is 5. The number of hydrogen-bond donors (Lipinski definition) is 1. The molecule has 2 aromatic carbocycles. The number of non-ortho nitro benzene ring substituents is 1. The normalized spacial score (nSPS) is 10.7. The number of nitrogens with one attached hydrogen (secondary N) is 1. The topological polar surface area (TPSA) is 93.8 Å². The van der Waals surface area contributed by atoms with Gasteiger partial charge in [0.25, 0.3) is 11.6 Å². The van der Waals surface area contributed by atoms with E-state index in [9.17, 15) is 14.9 Å². The van der Waals surface area contributed by atoms with Crippen LogP contribution in [-0.4, -0.2) is 23.7 Å². The lowest BCUT2D eigenvalue weighted by Gasteiger charge is -2.11. The van der Waals surface area contributed by atoms with Crippen molar-refractivity contribution in [1.82, 2.24) is 5.43 Å². The molecule has 2 rings (SSSR count). The Labute approximate surface area is 153 Å². The number of hydrazone groups is 1. The van der Waals surface area contributed by atoms with Gasteiger partial charge in [-0.2, -0.15) is 5.10 Å². The van der Waals surface area contributed by atoms with E-state index in [1.54, 1.807) is 12.1 Å². The van der Waals surface area contributed by atoms with E-state index in [4.69, 9.17) is 4.74 Å². The number of nitro benzene ring substituents is 1. The summed E-state index contributed by atoms with van der Waals surface area (Å²) in [6.07, 6.45) is 1.33. The minimum absolute atomic E-state index is 0.0432. The molecule has 1 amide bonds. The molecule has 0 aliphatic rings. The molecule has 0 atom stereocenters. The minimum Gasteiger partial charge on any atom is -0.482 e. The number of rotatable bonds is 6. The number of halogens is 1. The first kappa shape index (κ1) is 18.6. The Morgan fingerprint density at radius 3 is 2.80 bits per heavy atom. The van der Waals surface area contributed by atoms with Crippen LogP contribution in [0, 0.1) is 24.0 Å². The van der Waals surface area contributed by atoms with Crippen molar-refractivity contribution in [3.05, 3.63) is 67.7 Å². The lowest BCUT2D eigenvalue weighted by atomic mass is 10.1. The van der Waals surface area contributed by atoms with E-state index in [-0.39, 0.29) is 12.3 Å². The smallest absolute Gasteiger partial charge is 0.277 e. The van der Waals surface area contributed by atoms with Crippen LogP contribution in [0.2, 0.25) is 0 Å². The van der Waals surface area contributed by atoms with Crippen molar-refractivity contribution in [3.8, 4) is 5.75 Å². The average Bonchev–Trinajstić information content (AvgIpc) is 2.54. The summed E-state index contributed by atoms with van der Waals surface area (Å²) in [7, 11) is 0. The molecule has 0 fully saturated rings. The molecule has 0 aliphatic heterocycles. The quantitative estimate of drug-likeness (QED) is 0.451. The number of aryl methyl sites for hydroxylation is 2. The summed E-state index contributed by atoms with van der Waals surface area (Å²) in [6.45, 7) is 3.66. The van der Waals surface area contributed by atoms with Crippen LogP contribution >= 0.6 is 15.9 Å². The third-order valence-electron chi connectivity index (χ3n) is 3.21. The summed E-state index contributed by atoms with van der Waals surface area (Å²) >= 11 is 3.41. The fourth-order valence-electron chi connectivity index (χ4n) is 2.15. The molecule has 0 unspecified atom stereocenters. The van der Waals surface area contributed by atoms with Gasteiger partial charge in [-0.15, -0.1) is 0 Å². The maximum absolute atomic E-state index is 11.8. The maximum atomic E-state index is 11.8. The third kappa shape index (κ3) is 5.39. The number of nitro groups is 1. The summed E-state index contributed by atoms with van der Waals surface area (Å²) in [5, 5.41) is 14.5. The number of amides is 1. The first-order valence-electron chi connectivity index (χ1n) is 7.32. The van der Waals surface area contributed by atoms with Crippen molar-refractivity contribution in [2.45, 2.75) is 13.8 Å². The van der Waals surface area contributed by atoms with E-state index in [2.05, 4.69) is 26.5 Å². The summed E-state index contributed by atoms with van der Waals surface area (Å²) in [4.78, 5) is 22.0. The monoisotopic (exact) mass is 405 g/mol. The second-order valence-electron chi connectivity index (χ2n) is 5.33. The third-order valence-corrected chi connectivity index (χ3v) is 3.79. The highest BCUT2D eigenvalue weighted by Gasteiger charge is 2.09. The highest BCUT2D eigenvalue weighted by Crippen LogP contribution is 2.30. The van der Waals surface area contributed by atoms with Crippen LogP contribution in [-0.2, 0) is 4.79 Å². The lowest BCUT2D eigenvalue weighted by Crippen LogP contribution is -2.24. The van der Waals surface area contributed by atoms with Gasteiger partial charge in [-0.25, -0.2) is 5.43 Å². The zero-order valence-electron chi connectivity index (χ0n) is 13.7. The fourth-order valence-corrected chi connectivity index (χ4v) is 2.94. The van der Waals surface area contributed by atoms with E-state index >= 15 is 0 Å². The zero-order valence-corrected chi connectivity index (χ0v) is 15.2. The standard InChI is InChI=1S/C17H16BrN3O4/c1-11-6-12(2)17(15(18)7-11)25-10-16(22)20-19-9-13-4-3-5-14(8-13)21(23)24/h3-9H,10H2,1-2H3,(H,20,22)/b19-9+. The second kappa shape index (κ2) is 8.39. The molecule has 0 aliphatic carbocycles. The first-order valence-corrected chi connectivity index (χ1v) is 8.12. The molecule has 0 radical (unpaired) electrons. The Morgan fingerprint density at radius 1 is 1.36 bits per heavy atom. The largest absolute Gasteiger partial charge is 0.482 e. The van der Waals surface area contributed by atoms with Gasteiger partial charge in [0.15, 0.2) is 6.61 Å². The molecular weight excluding hydrogens is 390 g/mol. The van der Waals surface area contributed by atoms with Gasteiger partial charge in [0.05, 0.1) is 15.6 Å². The summed E-state index contributed by atoms with van der Waals surface area (Å²) in [5.41, 5.74) is 4.79.